The van der Waals surface area contributed by atoms with E-state index in [0.29, 0.717) is 25.1 Å². The minimum atomic E-state index is -5.12. The summed E-state index contributed by atoms with van der Waals surface area (Å²) in [6.07, 6.45) is 1.50. The van der Waals surface area contributed by atoms with E-state index in [1.807, 2.05) is 0 Å². The van der Waals surface area contributed by atoms with Gasteiger partial charge in [0.1, 0.15) is 30.2 Å². The Morgan fingerprint density at radius 3 is 2.16 bits per heavy atom. The first kappa shape index (κ1) is 42.7. The van der Waals surface area contributed by atoms with E-state index in [1.165, 1.54) is 28.9 Å². The Hall–Kier alpha value is -4.43. The Labute approximate surface area is 293 Å². The van der Waals surface area contributed by atoms with Gasteiger partial charge in [-0.25, -0.2) is 9.55 Å². The van der Waals surface area contributed by atoms with Crippen molar-refractivity contribution in [3.63, 3.8) is 0 Å². The third-order valence-corrected chi connectivity index (χ3v) is 8.51. The highest BCUT2D eigenvalue weighted by molar-refractivity contribution is 7.46. The standard InChI is InChI=1S/C29H47N8O13P/c1-15(2)10-19(33-29(46)22-6-5-8-37(22)17(4)39)26(43)32-20(11-18-12-31-14-36(18)9-7-23(40)41)27(44)34-21(13-38)28(45)35-24(25(30)42)16(3)50-51(47,48)49/h12,14-16,19-22,24,38H,5-11,13H2,1-4H3,(H2,30,42)(H,32,43)(H,33,46)(H,34,44)(H,35,45)(H,40,41)(H2,47,48,49). The van der Waals surface area contributed by atoms with E-state index >= 15 is 0 Å². The fourth-order valence-corrected chi connectivity index (χ4v) is 5.99. The summed E-state index contributed by atoms with van der Waals surface area (Å²) in [6.45, 7) is 5.25. The number of rotatable bonds is 20. The maximum absolute atomic E-state index is 13.7. The number of aliphatic hydroxyl groups excluding tert-OH is 1. The molecule has 6 amide bonds. The summed E-state index contributed by atoms with van der Waals surface area (Å²) in [4.78, 5) is 112. The number of carboxylic acid groups (broad SMARTS) is 1. The lowest BCUT2D eigenvalue weighted by molar-refractivity contribution is -0.139. The lowest BCUT2D eigenvalue weighted by Gasteiger charge is -2.28. The zero-order valence-corrected chi connectivity index (χ0v) is 29.6. The molecule has 1 saturated heterocycles. The summed E-state index contributed by atoms with van der Waals surface area (Å²) in [5.74, 6) is -6.40. The molecule has 1 aliphatic heterocycles. The van der Waals surface area contributed by atoms with Crippen LogP contribution in [0.3, 0.4) is 0 Å². The van der Waals surface area contributed by atoms with Gasteiger partial charge >= 0.3 is 13.8 Å². The maximum Gasteiger partial charge on any atom is 0.469 e. The molecule has 0 radical (unpaired) electrons. The van der Waals surface area contributed by atoms with Crippen molar-refractivity contribution in [3.05, 3.63) is 18.2 Å². The number of nitrogens with zero attached hydrogens (tertiary/aromatic N) is 3. The molecule has 1 aromatic rings. The Kier molecular flexibility index (Phi) is 16.1. The van der Waals surface area contributed by atoms with Gasteiger partial charge in [-0.15, -0.1) is 0 Å². The molecule has 51 heavy (non-hydrogen) atoms. The van der Waals surface area contributed by atoms with E-state index in [4.69, 9.17) is 20.6 Å². The summed E-state index contributed by atoms with van der Waals surface area (Å²) < 4.78 is 17.1. The third-order valence-electron chi connectivity index (χ3n) is 7.90. The van der Waals surface area contributed by atoms with Crippen LogP contribution in [0.2, 0.25) is 0 Å². The number of amides is 6. The van der Waals surface area contributed by atoms with Crippen molar-refractivity contribution in [2.75, 3.05) is 13.2 Å². The Balaban J connectivity index is 2.36. The molecular weight excluding hydrogens is 699 g/mol. The van der Waals surface area contributed by atoms with Crippen molar-refractivity contribution in [2.45, 2.75) is 103 Å². The lowest BCUT2D eigenvalue weighted by atomic mass is 10.0. The smallest absolute Gasteiger partial charge is 0.469 e. The first-order valence-electron chi connectivity index (χ1n) is 16.1. The zero-order valence-electron chi connectivity index (χ0n) is 28.7. The minimum Gasteiger partial charge on any atom is -0.481 e. The zero-order chi connectivity index (χ0) is 38.6. The molecule has 0 bridgehead atoms. The molecule has 0 saturated carbocycles. The first-order chi connectivity index (χ1) is 23.7. The van der Waals surface area contributed by atoms with Gasteiger partial charge in [-0.1, -0.05) is 13.8 Å². The Morgan fingerprint density at radius 2 is 1.61 bits per heavy atom. The van der Waals surface area contributed by atoms with Gasteiger partial charge in [-0.05, 0) is 32.1 Å². The average Bonchev–Trinajstić information content (AvgIpc) is 3.69. The predicted octanol–water partition coefficient (Wildman–Crippen LogP) is -3.13. The van der Waals surface area contributed by atoms with Crippen LogP contribution in [0.15, 0.2) is 12.5 Å². The number of phosphoric acid groups is 1. The summed E-state index contributed by atoms with van der Waals surface area (Å²) in [5.41, 5.74) is 5.56. The number of aliphatic hydroxyl groups is 1. The van der Waals surface area contributed by atoms with E-state index in [2.05, 4.69) is 30.8 Å². The van der Waals surface area contributed by atoms with Crippen molar-refractivity contribution < 1.29 is 62.7 Å². The highest BCUT2D eigenvalue weighted by Crippen LogP contribution is 2.38. The minimum absolute atomic E-state index is 0.0436. The summed E-state index contributed by atoms with van der Waals surface area (Å²) in [6, 6.07) is -7.09. The largest absolute Gasteiger partial charge is 0.481 e. The van der Waals surface area contributed by atoms with Crippen LogP contribution in [0.4, 0.5) is 0 Å². The van der Waals surface area contributed by atoms with Gasteiger partial charge in [-0.3, -0.25) is 38.1 Å². The number of carboxylic acids is 1. The molecule has 6 atom stereocenters. The van der Waals surface area contributed by atoms with Gasteiger partial charge < -0.3 is 56.5 Å². The molecule has 0 aromatic carbocycles. The molecule has 1 aromatic heterocycles. The van der Waals surface area contributed by atoms with Crippen LogP contribution < -0.4 is 27.0 Å². The maximum atomic E-state index is 13.7. The number of carbonyl (C=O) groups is 7. The molecule has 6 unspecified atom stereocenters. The number of aliphatic carboxylic acids is 1. The van der Waals surface area contributed by atoms with E-state index < -0.39 is 86.2 Å². The second kappa shape index (κ2) is 19.3. The number of carbonyl (C=O) groups excluding carboxylic acids is 6. The highest BCUT2D eigenvalue weighted by atomic mass is 31.2. The molecule has 2 rings (SSSR count). The van der Waals surface area contributed by atoms with Crippen molar-refractivity contribution in [1.82, 2.24) is 35.7 Å². The van der Waals surface area contributed by atoms with Crippen LogP contribution in [0.25, 0.3) is 0 Å². The molecule has 2 heterocycles. The highest BCUT2D eigenvalue weighted by Gasteiger charge is 2.37. The van der Waals surface area contributed by atoms with Crippen LogP contribution in [0, 0.1) is 5.92 Å². The Bertz CT molecular complexity index is 1480. The van der Waals surface area contributed by atoms with Gasteiger partial charge in [-0.2, -0.15) is 0 Å². The van der Waals surface area contributed by atoms with Crippen LogP contribution in [0.1, 0.15) is 59.1 Å². The monoisotopic (exact) mass is 746 g/mol. The number of nitrogens with two attached hydrogens (primary N) is 1. The molecule has 21 nitrogen and oxygen atoms in total. The van der Waals surface area contributed by atoms with Gasteiger partial charge in [0, 0.05) is 38.3 Å². The van der Waals surface area contributed by atoms with Crippen LogP contribution >= 0.6 is 7.82 Å². The number of aryl methyl sites for hydroxylation is 1. The predicted molar refractivity (Wildman–Crippen MR) is 175 cm³/mol. The fourth-order valence-electron chi connectivity index (χ4n) is 5.43. The molecule has 22 heteroatoms. The molecule has 0 aliphatic carbocycles. The van der Waals surface area contributed by atoms with Crippen LogP contribution in [-0.4, -0.2) is 125 Å². The van der Waals surface area contributed by atoms with Crippen molar-refractivity contribution in [2.24, 2.45) is 11.7 Å². The van der Waals surface area contributed by atoms with E-state index in [0.717, 1.165) is 6.92 Å². The number of phosphoric ester groups is 1. The Morgan fingerprint density at radius 1 is 1.00 bits per heavy atom. The number of imidazole rings is 1. The number of hydrogen-bond donors (Lipinski definition) is 9. The second-order valence-electron chi connectivity index (χ2n) is 12.5. The van der Waals surface area contributed by atoms with Gasteiger partial charge in [0.25, 0.3) is 0 Å². The van der Waals surface area contributed by atoms with Gasteiger partial charge in [0.15, 0.2) is 0 Å². The van der Waals surface area contributed by atoms with Crippen molar-refractivity contribution in [3.8, 4) is 0 Å². The quantitative estimate of drug-likeness (QED) is 0.0596. The van der Waals surface area contributed by atoms with Crippen LogP contribution in [0.5, 0.6) is 0 Å². The molecule has 0 spiro atoms. The molecule has 10 N–H and O–H groups in total. The average molecular weight is 747 g/mol. The number of nitrogens with one attached hydrogen (secondary N) is 4. The third kappa shape index (κ3) is 13.7. The van der Waals surface area contributed by atoms with Crippen molar-refractivity contribution in [1.29, 1.82) is 0 Å². The number of aromatic nitrogens is 2. The van der Waals surface area contributed by atoms with E-state index in [9.17, 15) is 43.2 Å². The number of likely N-dealkylation sites (tertiary alicyclic amines) is 1. The first-order valence-corrected chi connectivity index (χ1v) is 17.6. The number of hydrogen-bond acceptors (Lipinski definition) is 11. The van der Waals surface area contributed by atoms with Crippen molar-refractivity contribution >= 4 is 49.2 Å². The second-order valence-corrected chi connectivity index (χ2v) is 13.7. The van der Waals surface area contributed by atoms with E-state index in [-0.39, 0.29) is 37.6 Å². The lowest BCUT2D eigenvalue weighted by Crippen LogP contribution is -2.61. The normalized spacial score (nSPS) is 17.5. The topological polar surface area (TPSA) is 322 Å². The molecule has 1 aliphatic rings. The van der Waals surface area contributed by atoms with Gasteiger partial charge in [0.05, 0.1) is 25.5 Å². The van der Waals surface area contributed by atoms with Gasteiger partial charge in [0.2, 0.25) is 35.4 Å². The molecular formula is C29H47N8O13P. The number of primary amides is 1. The molecule has 286 valence electrons. The molecule has 1 fully saturated rings. The summed E-state index contributed by atoms with van der Waals surface area (Å²) >= 11 is 0. The fraction of sp³-hybridized carbons (Fsp3) is 0.655. The summed E-state index contributed by atoms with van der Waals surface area (Å²) in [7, 11) is -5.12. The summed E-state index contributed by atoms with van der Waals surface area (Å²) in [5, 5.41) is 28.7. The SMILES string of the molecule is CC(=O)N1CCCC1C(=O)NC(CC(C)C)C(=O)NC(Cc1cncn1CCC(=O)O)C(=O)NC(CO)C(=O)NC(C(N)=O)C(C)OP(=O)(O)O. The van der Waals surface area contributed by atoms with E-state index in [1.54, 1.807) is 13.8 Å². The van der Waals surface area contributed by atoms with Crippen LogP contribution in [-0.2, 0) is 55.6 Å².